The number of rotatable bonds is 2. The van der Waals surface area contributed by atoms with Crippen LogP contribution in [0.3, 0.4) is 0 Å². The van der Waals surface area contributed by atoms with Crippen molar-refractivity contribution in [3.8, 4) is 0 Å². The fourth-order valence-electron chi connectivity index (χ4n) is 1.67. The molecule has 0 saturated heterocycles. The summed E-state index contributed by atoms with van der Waals surface area (Å²) >= 11 is 0. The summed E-state index contributed by atoms with van der Waals surface area (Å²) in [5, 5.41) is -1.11. The Labute approximate surface area is 94.3 Å². The zero-order valence-electron chi connectivity index (χ0n) is 9.27. The van der Waals surface area contributed by atoms with Gasteiger partial charge in [0.05, 0.1) is 0 Å². The third kappa shape index (κ3) is 2.29. The van der Waals surface area contributed by atoms with E-state index in [0.29, 0.717) is 11.1 Å². The Kier molecular flexibility index (Phi) is 3.47. The monoisotopic (exact) mass is 243 g/mol. The number of benzene rings is 1. The van der Waals surface area contributed by atoms with Crippen LogP contribution < -0.4 is 5.90 Å². The lowest BCUT2D eigenvalue weighted by Gasteiger charge is -2.09. The van der Waals surface area contributed by atoms with E-state index in [-0.39, 0.29) is 5.56 Å². The summed E-state index contributed by atoms with van der Waals surface area (Å²) in [7, 11) is -4.37. The fourth-order valence-corrected chi connectivity index (χ4v) is 2.33. The maximum atomic E-state index is 11.7. The Morgan fingerprint density at radius 2 is 1.62 bits per heavy atom. The Balaban J connectivity index is 3.41. The SMILES string of the molecule is Cc1cc(C)c(C(=O)S(=O)(=O)ON)c(C)c1. The van der Waals surface area contributed by atoms with Crippen molar-refractivity contribution in [2.45, 2.75) is 20.8 Å². The average molecular weight is 243 g/mol. The van der Waals surface area contributed by atoms with Crippen molar-refractivity contribution in [1.82, 2.24) is 0 Å². The summed E-state index contributed by atoms with van der Waals surface area (Å²) in [6, 6.07) is 3.46. The highest BCUT2D eigenvalue weighted by Gasteiger charge is 2.27. The molecule has 0 saturated carbocycles. The number of carbonyl (C=O) groups excluding carboxylic acids is 1. The Hall–Kier alpha value is -1.24. The molecular weight excluding hydrogens is 230 g/mol. The minimum Gasteiger partial charge on any atom is -0.273 e. The van der Waals surface area contributed by atoms with E-state index >= 15 is 0 Å². The smallest absolute Gasteiger partial charge is 0.273 e. The molecule has 16 heavy (non-hydrogen) atoms. The topological polar surface area (TPSA) is 86.5 Å². The van der Waals surface area contributed by atoms with Crippen LogP contribution in [-0.4, -0.2) is 13.5 Å². The van der Waals surface area contributed by atoms with E-state index < -0.39 is 15.2 Å². The largest absolute Gasteiger partial charge is 0.351 e. The highest BCUT2D eigenvalue weighted by molar-refractivity contribution is 8.02. The molecule has 0 radical (unpaired) electrons. The second-order valence-corrected chi connectivity index (χ2v) is 5.08. The van der Waals surface area contributed by atoms with Gasteiger partial charge in [-0.15, -0.1) is 0 Å². The Morgan fingerprint density at radius 1 is 1.19 bits per heavy atom. The van der Waals surface area contributed by atoms with E-state index in [2.05, 4.69) is 10.2 Å². The summed E-state index contributed by atoms with van der Waals surface area (Å²) in [4.78, 5) is 11.7. The highest BCUT2D eigenvalue weighted by atomic mass is 32.2. The summed E-state index contributed by atoms with van der Waals surface area (Å²) in [5.74, 6) is 4.57. The molecule has 5 nitrogen and oxygen atoms in total. The van der Waals surface area contributed by atoms with E-state index in [1.807, 2.05) is 6.92 Å². The molecular formula is C10H13NO4S. The second-order valence-electron chi connectivity index (χ2n) is 3.61. The molecule has 2 N–H and O–H groups in total. The number of aryl methyl sites for hydroxylation is 3. The van der Waals surface area contributed by atoms with Crippen LogP contribution in [0.4, 0.5) is 0 Å². The third-order valence-electron chi connectivity index (χ3n) is 2.23. The van der Waals surface area contributed by atoms with E-state index in [9.17, 15) is 13.2 Å². The van der Waals surface area contributed by atoms with Gasteiger partial charge in [0.25, 0.3) is 0 Å². The minimum atomic E-state index is -4.37. The molecule has 0 amide bonds. The van der Waals surface area contributed by atoms with Crippen molar-refractivity contribution < 1.29 is 17.5 Å². The van der Waals surface area contributed by atoms with E-state index in [4.69, 9.17) is 0 Å². The zero-order chi connectivity index (χ0) is 12.5. The van der Waals surface area contributed by atoms with Crippen molar-refractivity contribution in [3.63, 3.8) is 0 Å². The van der Waals surface area contributed by atoms with Crippen LogP contribution in [0.25, 0.3) is 0 Å². The van der Waals surface area contributed by atoms with Crippen LogP contribution in [0.2, 0.25) is 0 Å². The molecule has 0 aliphatic heterocycles. The number of nitrogens with two attached hydrogens (primary N) is 1. The molecule has 0 bridgehead atoms. The van der Waals surface area contributed by atoms with Gasteiger partial charge in [-0.25, -0.2) is 0 Å². The van der Waals surface area contributed by atoms with Crippen molar-refractivity contribution in [1.29, 1.82) is 0 Å². The summed E-state index contributed by atoms with van der Waals surface area (Å²) < 4.78 is 26.1. The molecule has 88 valence electrons. The predicted octanol–water partition coefficient (Wildman–Crippen LogP) is 0.972. The van der Waals surface area contributed by atoms with E-state index in [1.54, 1.807) is 26.0 Å². The molecule has 0 atom stereocenters. The number of carbonyl (C=O) groups is 1. The summed E-state index contributed by atoms with van der Waals surface area (Å²) in [6.07, 6.45) is 0. The molecule has 0 spiro atoms. The Bertz CT molecular complexity index is 511. The van der Waals surface area contributed by atoms with E-state index in [0.717, 1.165) is 5.56 Å². The third-order valence-corrected chi connectivity index (χ3v) is 3.15. The highest BCUT2D eigenvalue weighted by Crippen LogP contribution is 2.19. The summed E-state index contributed by atoms with van der Waals surface area (Å²) in [5.41, 5.74) is 2.25. The summed E-state index contributed by atoms with van der Waals surface area (Å²) in [6.45, 7) is 5.20. The molecule has 0 unspecified atom stereocenters. The first-order chi connectivity index (χ1) is 7.29. The van der Waals surface area contributed by atoms with Gasteiger partial charge in [0.2, 0.25) is 0 Å². The molecule has 1 aromatic carbocycles. The first kappa shape index (κ1) is 12.8. The van der Waals surface area contributed by atoms with Gasteiger partial charge in [0.15, 0.2) is 0 Å². The van der Waals surface area contributed by atoms with Crippen LogP contribution in [-0.2, 0) is 14.4 Å². The number of hydrogen-bond acceptors (Lipinski definition) is 5. The van der Waals surface area contributed by atoms with Gasteiger partial charge in [-0.3, -0.25) is 4.79 Å². The quantitative estimate of drug-likeness (QED) is 0.782. The first-order valence-electron chi connectivity index (χ1n) is 4.55. The Morgan fingerprint density at radius 3 is 2.00 bits per heavy atom. The van der Waals surface area contributed by atoms with Crippen molar-refractivity contribution >= 4 is 15.2 Å². The van der Waals surface area contributed by atoms with Crippen LogP contribution in [0.15, 0.2) is 12.1 Å². The van der Waals surface area contributed by atoms with Crippen molar-refractivity contribution in [3.05, 3.63) is 34.4 Å². The predicted molar refractivity (Wildman–Crippen MR) is 59.2 cm³/mol. The molecule has 0 aromatic heterocycles. The maximum absolute atomic E-state index is 11.7. The van der Waals surface area contributed by atoms with Gasteiger partial charge in [-0.2, -0.15) is 18.6 Å². The fraction of sp³-hybridized carbons (Fsp3) is 0.300. The second kappa shape index (κ2) is 4.32. The van der Waals surface area contributed by atoms with Gasteiger partial charge < -0.3 is 0 Å². The zero-order valence-corrected chi connectivity index (χ0v) is 10.1. The van der Waals surface area contributed by atoms with Crippen LogP contribution >= 0.6 is 0 Å². The maximum Gasteiger partial charge on any atom is 0.351 e. The molecule has 1 rings (SSSR count). The van der Waals surface area contributed by atoms with Crippen molar-refractivity contribution in [2.75, 3.05) is 0 Å². The average Bonchev–Trinajstić information content (AvgIpc) is 2.15. The molecule has 0 fully saturated rings. The number of hydrogen-bond donors (Lipinski definition) is 1. The standard InChI is InChI=1S/C10H13NO4S/c1-6-4-7(2)9(8(3)5-6)10(12)16(13,14)15-11/h4-5H,11H2,1-3H3. The van der Waals surface area contributed by atoms with E-state index in [1.165, 1.54) is 0 Å². The van der Waals surface area contributed by atoms with Gasteiger partial charge in [-0.05, 0) is 31.9 Å². The van der Waals surface area contributed by atoms with Crippen LogP contribution in [0.5, 0.6) is 0 Å². The lowest BCUT2D eigenvalue weighted by molar-refractivity contribution is 0.105. The molecule has 1 aromatic rings. The molecule has 6 heteroatoms. The van der Waals surface area contributed by atoms with Gasteiger partial charge in [0.1, 0.15) is 0 Å². The van der Waals surface area contributed by atoms with Crippen LogP contribution in [0, 0.1) is 20.8 Å². The molecule has 0 heterocycles. The molecule has 0 aliphatic rings. The minimum absolute atomic E-state index is 0.121. The van der Waals surface area contributed by atoms with Crippen LogP contribution in [0.1, 0.15) is 27.0 Å². The normalized spacial score (nSPS) is 11.5. The van der Waals surface area contributed by atoms with Crippen molar-refractivity contribution in [2.24, 2.45) is 5.90 Å². The molecule has 0 aliphatic carbocycles. The lowest BCUT2D eigenvalue weighted by atomic mass is 10.0. The van der Waals surface area contributed by atoms with Gasteiger partial charge in [0, 0.05) is 5.56 Å². The lowest BCUT2D eigenvalue weighted by Crippen LogP contribution is -2.22. The first-order valence-corrected chi connectivity index (χ1v) is 5.96. The van der Waals surface area contributed by atoms with Gasteiger partial charge >= 0.3 is 15.2 Å². The van der Waals surface area contributed by atoms with Gasteiger partial charge in [-0.1, -0.05) is 17.7 Å².